The van der Waals surface area contributed by atoms with Crippen molar-refractivity contribution in [3.05, 3.63) is 35.4 Å². The second-order valence-corrected chi connectivity index (χ2v) is 7.87. The summed E-state index contributed by atoms with van der Waals surface area (Å²) in [6.45, 7) is 2.03. The Morgan fingerprint density at radius 2 is 1.96 bits per heavy atom. The van der Waals surface area contributed by atoms with Crippen molar-refractivity contribution in [3.63, 3.8) is 0 Å². The van der Waals surface area contributed by atoms with E-state index in [1.807, 2.05) is 0 Å². The molecule has 0 bridgehead atoms. The second-order valence-electron chi connectivity index (χ2n) is 5.94. The van der Waals surface area contributed by atoms with Gasteiger partial charge in [-0.1, -0.05) is 24.6 Å². The normalized spacial score (nSPS) is 22.0. The number of halogens is 3. The Bertz CT molecular complexity index is 644. The maximum absolute atomic E-state index is 13.0. The van der Waals surface area contributed by atoms with Crippen LogP contribution in [0.15, 0.2) is 24.3 Å². The van der Waals surface area contributed by atoms with Gasteiger partial charge in [-0.15, -0.1) is 0 Å². The molecule has 1 aliphatic heterocycles. The van der Waals surface area contributed by atoms with E-state index in [9.17, 15) is 21.6 Å². The van der Waals surface area contributed by atoms with Gasteiger partial charge in [0, 0.05) is 18.6 Å². The smallest absolute Gasteiger partial charge is 0.326 e. The van der Waals surface area contributed by atoms with Crippen molar-refractivity contribution in [1.82, 2.24) is 4.31 Å². The van der Waals surface area contributed by atoms with Crippen LogP contribution in [-0.4, -0.2) is 31.4 Å². The summed E-state index contributed by atoms with van der Waals surface area (Å²) < 4.78 is 65.7. The van der Waals surface area contributed by atoms with E-state index in [2.05, 4.69) is 0 Å². The molecule has 2 unspecified atom stereocenters. The van der Waals surface area contributed by atoms with E-state index in [-0.39, 0.29) is 17.6 Å². The molecule has 2 N–H and O–H groups in total. The van der Waals surface area contributed by atoms with Crippen LogP contribution in [0.5, 0.6) is 0 Å². The number of rotatable bonds is 4. The van der Waals surface area contributed by atoms with Gasteiger partial charge in [-0.3, -0.25) is 0 Å². The molecule has 1 heterocycles. The Hall–Kier alpha value is -1.12. The minimum absolute atomic E-state index is 0.228. The van der Waals surface area contributed by atoms with E-state index in [1.54, 1.807) is 6.92 Å². The predicted octanol–water partition coefficient (Wildman–Crippen LogP) is 2.74. The fourth-order valence-electron chi connectivity index (χ4n) is 3.00. The Balaban J connectivity index is 2.32. The molecule has 2 rings (SSSR count). The van der Waals surface area contributed by atoms with Crippen LogP contribution < -0.4 is 5.73 Å². The summed E-state index contributed by atoms with van der Waals surface area (Å²) in [5.41, 5.74) is 4.73. The highest BCUT2D eigenvalue weighted by Crippen LogP contribution is 2.33. The number of sulfonamides is 1. The SMILES string of the molecule is CC(N)C1CCCCN1S(=O)(=O)Cc1ccccc1C(F)(F)F. The van der Waals surface area contributed by atoms with Gasteiger partial charge in [-0.25, -0.2) is 8.42 Å². The van der Waals surface area contributed by atoms with E-state index in [0.29, 0.717) is 19.4 Å². The Morgan fingerprint density at radius 3 is 2.57 bits per heavy atom. The van der Waals surface area contributed by atoms with Gasteiger partial charge >= 0.3 is 6.18 Å². The van der Waals surface area contributed by atoms with Crippen molar-refractivity contribution in [2.45, 2.75) is 50.2 Å². The van der Waals surface area contributed by atoms with Crippen LogP contribution >= 0.6 is 0 Å². The summed E-state index contributed by atoms with van der Waals surface area (Å²) >= 11 is 0. The van der Waals surface area contributed by atoms with Gasteiger partial charge < -0.3 is 5.73 Å². The van der Waals surface area contributed by atoms with Crippen molar-refractivity contribution in [2.75, 3.05) is 6.54 Å². The van der Waals surface area contributed by atoms with E-state index in [4.69, 9.17) is 5.73 Å². The third-order valence-corrected chi connectivity index (χ3v) is 5.97. The van der Waals surface area contributed by atoms with Crippen LogP contribution in [0.1, 0.15) is 37.3 Å². The molecular formula is C15H21F3N2O2S. The topological polar surface area (TPSA) is 63.4 Å². The molecule has 23 heavy (non-hydrogen) atoms. The molecule has 0 saturated carbocycles. The molecule has 2 atom stereocenters. The van der Waals surface area contributed by atoms with E-state index >= 15 is 0 Å². The van der Waals surface area contributed by atoms with Crippen LogP contribution in [0.2, 0.25) is 0 Å². The summed E-state index contributed by atoms with van der Waals surface area (Å²) in [6, 6.07) is 4.08. The van der Waals surface area contributed by atoms with Crippen molar-refractivity contribution in [1.29, 1.82) is 0 Å². The molecule has 0 radical (unpaired) electrons. The first kappa shape index (κ1) is 18.2. The van der Waals surface area contributed by atoms with E-state index < -0.39 is 27.5 Å². The first-order chi connectivity index (χ1) is 10.6. The molecule has 8 heteroatoms. The quantitative estimate of drug-likeness (QED) is 0.908. The molecular weight excluding hydrogens is 329 g/mol. The first-order valence-corrected chi connectivity index (χ1v) is 9.14. The zero-order valence-electron chi connectivity index (χ0n) is 12.9. The zero-order chi connectivity index (χ0) is 17.3. The standard InChI is InChI=1S/C15H21F3N2O2S/c1-11(19)14-8-4-5-9-20(14)23(21,22)10-12-6-2-3-7-13(12)15(16,17)18/h2-3,6-7,11,14H,4-5,8-10,19H2,1H3. The lowest BCUT2D eigenvalue weighted by Crippen LogP contribution is -2.51. The van der Waals surface area contributed by atoms with Crippen LogP contribution in [0.4, 0.5) is 13.2 Å². The average molecular weight is 350 g/mol. The Labute approximate surface area is 134 Å². The number of alkyl halides is 3. The fraction of sp³-hybridized carbons (Fsp3) is 0.600. The van der Waals surface area contributed by atoms with Crippen molar-refractivity contribution in [3.8, 4) is 0 Å². The minimum atomic E-state index is -4.57. The average Bonchev–Trinajstić information content (AvgIpc) is 2.46. The molecule has 130 valence electrons. The highest BCUT2D eigenvalue weighted by atomic mass is 32.2. The van der Waals surface area contributed by atoms with Crippen molar-refractivity contribution in [2.24, 2.45) is 5.73 Å². The van der Waals surface area contributed by atoms with Crippen LogP contribution in [0.3, 0.4) is 0 Å². The monoisotopic (exact) mass is 350 g/mol. The summed E-state index contributed by atoms with van der Waals surface area (Å²) in [4.78, 5) is 0. The number of piperidine rings is 1. The summed E-state index contributed by atoms with van der Waals surface area (Å²) in [5, 5.41) is 0. The number of hydrogen-bond donors (Lipinski definition) is 1. The minimum Gasteiger partial charge on any atom is -0.326 e. The molecule has 1 aliphatic rings. The molecule has 1 aromatic rings. The van der Waals surface area contributed by atoms with Gasteiger partial charge in [0.25, 0.3) is 0 Å². The molecule has 1 saturated heterocycles. The molecule has 0 spiro atoms. The van der Waals surface area contributed by atoms with Gasteiger partial charge in [-0.2, -0.15) is 17.5 Å². The molecule has 0 aliphatic carbocycles. The van der Waals surface area contributed by atoms with Crippen LogP contribution in [0, 0.1) is 0 Å². The van der Waals surface area contributed by atoms with Crippen LogP contribution in [-0.2, 0) is 22.0 Å². The van der Waals surface area contributed by atoms with Gasteiger partial charge in [0.15, 0.2) is 0 Å². The van der Waals surface area contributed by atoms with Gasteiger partial charge in [0.1, 0.15) is 0 Å². The number of benzene rings is 1. The summed E-state index contributed by atoms with van der Waals surface area (Å²) in [7, 11) is -3.86. The molecule has 4 nitrogen and oxygen atoms in total. The van der Waals surface area contributed by atoms with Crippen molar-refractivity contribution >= 4 is 10.0 Å². The third-order valence-electron chi connectivity index (χ3n) is 4.12. The second kappa shape index (κ2) is 6.78. The lowest BCUT2D eigenvalue weighted by atomic mass is 10.00. The Kier molecular flexibility index (Phi) is 5.37. The molecule has 1 aromatic carbocycles. The molecule has 1 fully saturated rings. The van der Waals surface area contributed by atoms with Crippen molar-refractivity contribution < 1.29 is 21.6 Å². The lowest BCUT2D eigenvalue weighted by molar-refractivity contribution is -0.138. The fourth-order valence-corrected chi connectivity index (χ4v) is 4.93. The third kappa shape index (κ3) is 4.24. The maximum atomic E-state index is 13.0. The molecule has 0 amide bonds. The number of hydrogen-bond acceptors (Lipinski definition) is 3. The van der Waals surface area contributed by atoms with Crippen LogP contribution in [0.25, 0.3) is 0 Å². The first-order valence-electron chi connectivity index (χ1n) is 7.53. The van der Waals surface area contributed by atoms with E-state index in [0.717, 1.165) is 12.5 Å². The number of nitrogens with zero attached hydrogens (tertiary/aromatic N) is 1. The number of nitrogens with two attached hydrogens (primary N) is 1. The lowest BCUT2D eigenvalue weighted by Gasteiger charge is -2.37. The largest absolute Gasteiger partial charge is 0.416 e. The summed E-state index contributed by atoms with van der Waals surface area (Å²) in [5.74, 6) is -0.661. The van der Waals surface area contributed by atoms with Gasteiger partial charge in [-0.05, 0) is 31.4 Å². The highest BCUT2D eigenvalue weighted by Gasteiger charge is 2.38. The Morgan fingerprint density at radius 1 is 1.30 bits per heavy atom. The van der Waals surface area contributed by atoms with E-state index in [1.165, 1.54) is 22.5 Å². The van der Waals surface area contributed by atoms with Gasteiger partial charge in [0.05, 0.1) is 11.3 Å². The predicted molar refractivity (Wildman–Crippen MR) is 82.1 cm³/mol. The van der Waals surface area contributed by atoms with Gasteiger partial charge in [0.2, 0.25) is 10.0 Å². The zero-order valence-corrected chi connectivity index (χ0v) is 13.7. The summed E-state index contributed by atoms with van der Waals surface area (Å²) in [6.07, 6.45) is -2.37. The molecule has 0 aromatic heterocycles. The maximum Gasteiger partial charge on any atom is 0.416 e. The highest BCUT2D eigenvalue weighted by molar-refractivity contribution is 7.88.